The van der Waals surface area contributed by atoms with Crippen LogP contribution in [0.25, 0.3) is 0 Å². The summed E-state index contributed by atoms with van der Waals surface area (Å²) in [5, 5.41) is 8.68. The van der Waals surface area contributed by atoms with E-state index in [-0.39, 0.29) is 18.0 Å². The molecule has 1 heterocycles. The number of anilines is 1. The Morgan fingerprint density at radius 1 is 1.67 bits per heavy atom. The predicted molar refractivity (Wildman–Crippen MR) is 53.4 cm³/mol. The van der Waals surface area contributed by atoms with E-state index in [1.165, 1.54) is 6.20 Å². The van der Waals surface area contributed by atoms with Gasteiger partial charge in [0, 0.05) is 12.8 Å². The maximum absolute atomic E-state index is 10.6. The predicted octanol–water partition coefficient (Wildman–Crippen LogP) is 0.684. The Morgan fingerprint density at radius 3 is 2.93 bits per heavy atom. The molecule has 15 heavy (non-hydrogen) atoms. The van der Waals surface area contributed by atoms with Crippen molar-refractivity contribution in [3.05, 3.63) is 17.6 Å². The second-order valence-electron chi connectivity index (χ2n) is 2.94. The Morgan fingerprint density at radius 2 is 2.40 bits per heavy atom. The minimum Gasteiger partial charge on any atom is -0.477 e. The van der Waals surface area contributed by atoms with Gasteiger partial charge in [0.1, 0.15) is 18.0 Å². The molecule has 0 aliphatic heterocycles. The molecule has 0 aliphatic carbocycles. The molecule has 0 radical (unpaired) electrons. The summed E-state index contributed by atoms with van der Waals surface area (Å²) in [4.78, 5) is 18.3. The lowest BCUT2D eigenvalue weighted by atomic mass is 10.3. The van der Waals surface area contributed by atoms with Crippen molar-refractivity contribution in [2.45, 2.75) is 20.0 Å². The van der Waals surface area contributed by atoms with Crippen LogP contribution in [-0.2, 0) is 11.3 Å². The quantitative estimate of drug-likeness (QED) is 0.695. The summed E-state index contributed by atoms with van der Waals surface area (Å²) in [5.74, 6) is -0.771. The van der Waals surface area contributed by atoms with E-state index in [1.807, 2.05) is 6.92 Å². The first-order chi connectivity index (χ1) is 7.15. The number of carbonyl (C=O) groups is 1. The van der Waals surface area contributed by atoms with Crippen molar-refractivity contribution in [1.82, 2.24) is 9.97 Å². The fourth-order valence-electron chi connectivity index (χ4n) is 0.975. The average molecular weight is 211 g/mol. The molecule has 0 bridgehead atoms. The van der Waals surface area contributed by atoms with Crippen LogP contribution in [0.2, 0.25) is 0 Å². The van der Waals surface area contributed by atoms with Crippen molar-refractivity contribution in [3.63, 3.8) is 0 Å². The van der Waals surface area contributed by atoms with Crippen molar-refractivity contribution in [2.24, 2.45) is 0 Å². The Bertz CT molecular complexity index is 354. The number of aromatic nitrogens is 2. The van der Waals surface area contributed by atoms with Gasteiger partial charge in [-0.05, 0) is 6.42 Å². The number of rotatable bonds is 5. The maximum Gasteiger partial charge on any atom is 0.341 e. The van der Waals surface area contributed by atoms with E-state index in [0.29, 0.717) is 12.4 Å². The van der Waals surface area contributed by atoms with E-state index < -0.39 is 5.97 Å². The van der Waals surface area contributed by atoms with Crippen molar-refractivity contribution < 1.29 is 14.6 Å². The second-order valence-corrected chi connectivity index (χ2v) is 2.94. The van der Waals surface area contributed by atoms with Crippen LogP contribution in [0.5, 0.6) is 0 Å². The number of hydrogen-bond donors (Lipinski definition) is 2. The highest BCUT2D eigenvalue weighted by Crippen LogP contribution is 2.07. The van der Waals surface area contributed by atoms with Gasteiger partial charge in [0.25, 0.3) is 0 Å². The summed E-state index contributed by atoms with van der Waals surface area (Å²) >= 11 is 0. The SMILES string of the molecule is CCCOCc1ncc(C(=O)O)c(N)n1. The lowest BCUT2D eigenvalue weighted by Gasteiger charge is -2.03. The summed E-state index contributed by atoms with van der Waals surface area (Å²) in [7, 11) is 0. The number of carboxylic acid groups (broad SMARTS) is 1. The molecular formula is C9H13N3O3. The summed E-state index contributed by atoms with van der Waals surface area (Å²) in [6.07, 6.45) is 2.10. The molecule has 1 rings (SSSR count). The first kappa shape index (κ1) is 11.4. The molecule has 0 unspecified atom stereocenters. The zero-order valence-corrected chi connectivity index (χ0v) is 8.43. The monoisotopic (exact) mass is 211 g/mol. The second kappa shape index (κ2) is 5.26. The Kier molecular flexibility index (Phi) is 3.99. The third-order valence-corrected chi connectivity index (χ3v) is 1.68. The molecule has 0 aliphatic rings. The highest BCUT2D eigenvalue weighted by atomic mass is 16.5. The van der Waals surface area contributed by atoms with Crippen LogP contribution < -0.4 is 5.73 Å². The minimum absolute atomic E-state index is 0.0346. The summed E-state index contributed by atoms with van der Waals surface area (Å²) in [6, 6.07) is 0. The van der Waals surface area contributed by atoms with Gasteiger partial charge >= 0.3 is 5.97 Å². The third kappa shape index (κ3) is 3.17. The van der Waals surface area contributed by atoms with E-state index >= 15 is 0 Å². The van der Waals surface area contributed by atoms with Crippen molar-refractivity contribution in [2.75, 3.05) is 12.3 Å². The van der Waals surface area contributed by atoms with Gasteiger partial charge in [-0.3, -0.25) is 0 Å². The number of hydrogen-bond acceptors (Lipinski definition) is 5. The molecule has 0 aromatic carbocycles. The van der Waals surface area contributed by atoms with E-state index in [1.54, 1.807) is 0 Å². The number of carboxylic acids is 1. The molecule has 3 N–H and O–H groups in total. The first-order valence-corrected chi connectivity index (χ1v) is 4.57. The van der Waals surface area contributed by atoms with Gasteiger partial charge < -0.3 is 15.6 Å². The highest BCUT2D eigenvalue weighted by Gasteiger charge is 2.10. The third-order valence-electron chi connectivity index (χ3n) is 1.68. The summed E-state index contributed by atoms with van der Waals surface area (Å²) < 4.78 is 5.20. The molecule has 0 saturated carbocycles. The molecule has 0 atom stereocenters. The number of ether oxygens (including phenoxy) is 1. The number of aromatic carboxylic acids is 1. The van der Waals surface area contributed by atoms with Gasteiger partial charge in [-0.25, -0.2) is 14.8 Å². The van der Waals surface area contributed by atoms with E-state index in [2.05, 4.69) is 9.97 Å². The van der Waals surface area contributed by atoms with Crippen LogP contribution in [0.15, 0.2) is 6.20 Å². The zero-order valence-electron chi connectivity index (χ0n) is 8.43. The van der Waals surface area contributed by atoms with Gasteiger partial charge in [-0.2, -0.15) is 0 Å². The molecule has 0 fully saturated rings. The molecule has 82 valence electrons. The Labute approximate surface area is 87.1 Å². The number of nitrogens with two attached hydrogens (primary N) is 1. The fourth-order valence-corrected chi connectivity index (χ4v) is 0.975. The number of nitrogens with zero attached hydrogens (tertiary/aromatic N) is 2. The largest absolute Gasteiger partial charge is 0.477 e. The van der Waals surface area contributed by atoms with Crippen LogP contribution >= 0.6 is 0 Å². The molecule has 1 aromatic heterocycles. The van der Waals surface area contributed by atoms with Crippen molar-refractivity contribution in [1.29, 1.82) is 0 Å². The molecule has 6 heteroatoms. The molecule has 6 nitrogen and oxygen atoms in total. The Balaban J connectivity index is 2.69. The lowest BCUT2D eigenvalue weighted by Crippen LogP contribution is -2.09. The molecular weight excluding hydrogens is 198 g/mol. The number of nitrogen functional groups attached to an aromatic ring is 1. The van der Waals surface area contributed by atoms with Gasteiger partial charge in [-0.1, -0.05) is 6.92 Å². The highest BCUT2D eigenvalue weighted by molar-refractivity contribution is 5.92. The van der Waals surface area contributed by atoms with Gasteiger partial charge in [-0.15, -0.1) is 0 Å². The van der Waals surface area contributed by atoms with Crippen molar-refractivity contribution in [3.8, 4) is 0 Å². The van der Waals surface area contributed by atoms with Gasteiger partial charge in [0.15, 0.2) is 5.82 Å². The van der Waals surface area contributed by atoms with Gasteiger partial charge in [0.2, 0.25) is 0 Å². The van der Waals surface area contributed by atoms with Crippen molar-refractivity contribution >= 4 is 11.8 Å². The van der Waals surface area contributed by atoms with Crippen LogP contribution in [0, 0.1) is 0 Å². The topological polar surface area (TPSA) is 98.3 Å². The maximum atomic E-state index is 10.6. The Hall–Kier alpha value is -1.69. The van der Waals surface area contributed by atoms with E-state index in [4.69, 9.17) is 15.6 Å². The summed E-state index contributed by atoms with van der Waals surface area (Å²) in [5.41, 5.74) is 5.35. The summed E-state index contributed by atoms with van der Waals surface area (Å²) in [6.45, 7) is 2.85. The molecule has 0 amide bonds. The average Bonchev–Trinajstić information content (AvgIpc) is 2.17. The standard InChI is InChI=1S/C9H13N3O3/c1-2-3-15-5-7-11-4-6(9(13)14)8(10)12-7/h4H,2-3,5H2,1H3,(H,13,14)(H2,10,11,12). The molecule has 1 aromatic rings. The van der Waals surface area contributed by atoms with E-state index in [0.717, 1.165) is 6.42 Å². The first-order valence-electron chi connectivity index (χ1n) is 4.57. The van der Waals surface area contributed by atoms with Crippen LogP contribution in [0.1, 0.15) is 29.5 Å². The lowest BCUT2D eigenvalue weighted by molar-refractivity contribution is 0.0696. The normalized spacial score (nSPS) is 10.2. The van der Waals surface area contributed by atoms with Gasteiger partial charge in [0.05, 0.1) is 0 Å². The zero-order chi connectivity index (χ0) is 11.3. The van der Waals surface area contributed by atoms with E-state index in [9.17, 15) is 4.79 Å². The van der Waals surface area contributed by atoms with Crippen LogP contribution in [-0.4, -0.2) is 27.7 Å². The minimum atomic E-state index is -1.13. The van der Waals surface area contributed by atoms with Crippen LogP contribution in [0.3, 0.4) is 0 Å². The molecule has 0 spiro atoms. The van der Waals surface area contributed by atoms with Crippen LogP contribution in [0.4, 0.5) is 5.82 Å². The molecule has 0 saturated heterocycles. The smallest absolute Gasteiger partial charge is 0.341 e. The fraction of sp³-hybridized carbons (Fsp3) is 0.444.